The minimum Gasteiger partial charge on any atom is -0.457 e. The summed E-state index contributed by atoms with van der Waals surface area (Å²) in [4.78, 5) is 11.5. The zero-order valence-corrected chi connectivity index (χ0v) is 21.8. The summed E-state index contributed by atoms with van der Waals surface area (Å²) in [6, 6.07) is 0. The van der Waals surface area contributed by atoms with Crippen molar-refractivity contribution in [3.8, 4) is 0 Å². The number of rotatable bonds is 12. The van der Waals surface area contributed by atoms with Gasteiger partial charge in [-0.3, -0.25) is 14.8 Å². The van der Waals surface area contributed by atoms with Gasteiger partial charge in [-0.05, 0) is 38.5 Å². The molecule has 0 unspecified atom stereocenters. The average Bonchev–Trinajstić information content (AvgIpc) is 2.93. The molecule has 0 bridgehead atoms. The van der Waals surface area contributed by atoms with Crippen molar-refractivity contribution in [1.82, 2.24) is 10.0 Å². The first kappa shape index (κ1) is 30.6. The van der Waals surface area contributed by atoms with Crippen LogP contribution in [0.1, 0.15) is 45.4 Å². The van der Waals surface area contributed by atoms with Crippen LogP contribution < -0.4 is 0 Å². The van der Waals surface area contributed by atoms with Crippen LogP contribution in [0.3, 0.4) is 0 Å². The lowest BCUT2D eigenvalue weighted by molar-refractivity contribution is -0.315. The molecule has 14 heteroatoms. The third-order valence-electron chi connectivity index (χ3n) is 6.68. The smallest absolute Gasteiger partial charge is 0.303 e. The number of hydrogen-bond donors (Lipinski definition) is 5. The Morgan fingerprint density at radius 1 is 0.974 bits per heavy atom. The first-order valence-corrected chi connectivity index (χ1v) is 13.3. The lowest BCUT2D eigenvalue weighted by Crippen LogP contribution is -2.61. The van der Waals surface area contributed by atoms with E-state index in [1.54, 1.807) is 0 Å². The van der Waals surface area contributed by atoms with E-state index in [4.69, 9.17) is 18.9 Å². The maximum absolute atomic E-state index is 11.5. The number of carbonyl (C=O) groups excluding carboxylic acids is 1. The van der Waals surface area contributed by atoms with Crippen LogP contribution >= 0.6 is 0 Å². The molecule has 3 aliphatic rings. The molecule has 0 aromatic rings. The second kappa shape index (κ2) is 15.6. The highest BCUT2D eigenvalue weighted by Gasteiger charge is 2.48. The first-order chi connectivity index (χ1) is 18.3. The van der Waals surface area contributed by atoms with Gasteiger partial charge in [0.25, 0.3) is 0 Å². The molecule has 0 spiro atoms. The van der Waals surface area contributed by atoms with E-state index in [1.165, 1.54) is 12.4 Å². The van der Waals surface area contributed by atoms with Gasteiger partial charge in [-0.1, -0.05) is 0 Å². The van der Waals surface area contributed by atoms with Crippen molar-refractivity contribution in [1.29, 1.82) is 0 Å². The van der Waals surface area contributed by atoms with Crippen LogP contribution in [-0.2, 0) is 23.7 Å². The Labute approximate surface area is 222 Å². The molecule has 0 amide bonds. The minimum atomic E-state index is -1.63. The maximum atomic E-state index is 11.5. The quantitative estimate of drug-likeness (QED) is 0.107. The molecule has 3 rings (SSSR count). The van der Waals surface area contributed by atoms with Crippen LogP contribution in [0.5, 0.6) is 0 Å². The van der Waals surface area contributed by atoms with E-state index in [0.717, 1.165) is 71.6 Å². The van der Waals surface area contributed by atoms with Crippen LogP contribution in [0.2, 0.25) is 0 Å². The number of ether oxygens (including phenoxy) is 4. The van der Waals surface area contributed by atoms with Crippen molar-refractivity contribution in [3.63, 3.8) is 0 Å². The highest BCUT2D eigenvalue weighted by Crippen LogP contribution is 2.26. The van der Waals surface area contributed by atoms with Crippen molar-refractivity contribution in [2.45, 2.75) is 94.7 Å². The molecule has 0 saturated carbocycles. The zero-order valence-electron chi connectivity index (χ0n) is 21.8. The number of nitrogens with zero attached hydrogens (tertiary/aromatic N) is 4. The Morgan fingerprint density at radius 2 is 1.55 bits per heavy atom. The van der Waals surface area contributed by atoms with Gasteiger partial charge in [-0.2, -0.15) is 10.2 Å². The molecule has 0 radical (unpaired) electrons. The van der Waals surface area contributed by atoms with Gasteiger partial charge >= 0.3 is 5.97 Å². The molecule has 0 aromatic heterocycles. The second-order valence-corrected chi connectivity index (χ2v) is 9.69. The molecule has 0 aromatic carbocycles. The Kier molecular flexibility index (Phi) is 12.6. The van der Waals surface area contributed by atoms with Gasteiger partial charge < -0.3 is 44.5 Å². The number of aliphatic hydroxyl groups excluding tert-OH is 5. The molecule has 3 heterocycles. The maximum Gasteiger partial charge on any atom is 0.303 e. The molecule has 0 aliphatic carbocycles. The zero-order chi connectivity index (χ0) is 27.5. The van der Waals surface area contributed by atoms with Crippen LogP contribution in [0.4, 0.5) is 0 Å². The van der Waals surface area contributed by atoms with Crippen molar-refractivity contribution in [2.24, 2.45) is 10.2 Å². The van der Waals surface area contributed by atoms with Crippen LogP contribution in [0, 0.1) is 0 Å². The van der Waals surface area contributed by atoms with Gasteiger partial charge in [-0.25, -0.2) is 0 Å². The molecule has 3 fully saturated rings. The van der Waals surface area contributed by atoms with E-state index in [0.29, 0.717) is 0 Å². The lowest BCUT2D eigenvalue weighted by Gasteiger charge is -2.42. The van der Waals surface area contributed by atoms with Crippen molar-refractivity contribution in [2.75, 3.05) is 39.4 Å². The van der Waals surface area contributed by atoms with E-state index in [9.17, 15) is 30.3 Å². The SMILES string of the molecule is CC(=O)O[C@H]1[C@@H](O)[C@H](CO)O[C@H](O[C@@H](/C=N\N2CCCCC2)[C@@H](CO)O[C@H](O)/C=N/N2CCCCC2)[C@@H]1O. The highest BCUT2D eigenvalue weighted by molar-refractivity contribution is 5.66. The summed E-state index contributed by atoms with van der Waals surface area (Å²) in [7, 11) is 0. The largest absolute Gasteiger partial charge is 0.457 e. The third kappa shape index (κ3) is 9.09. The normalized spacial score (nSPS) is 31.5. The third-order valence-corrected chi connectivity index (χ3v) is 6.68. The fourth-order valence-electron chi connectivity index (χ4n) is 4.61. The van der Waals surface area contributed by atoms with Crippen molar-refractivity contribution < 1.29 is 49.3 Å². The minimum absolute atomic E-state index is 0.590. The van der Waals surface area contributed by atoms with Gasteiger partial charge in [0.05, 0.1) is 25.6 Å². The topological polar surface area (TPSA) is 186 Å². The van der Waals surface area contributed by atoms with E-state index in [1.807, 2.05) is 10.0 Å². The first-order valence-electron chi connectivity index (χ1n) is 13.3. The Balaban J connectivity index is 1.75. The molecule has 14 nitrogen and oxygen atoms in total. The monoisotopic (exact) mass is 546 g/mol. The Hall–Kier alpha value is -1.91. The van der Waals surface area contributed by atoms with E-state index >= 15 is 0 Å². The van der Waals surface area contributed by atoms with E-state index in [2.05, 4.69) is 10.2 Å². The summed E-state index contributed by atoms with van der Waals surface area (Å²) < 4.78 is 22.1. The van der Waals surface area contributed by atoms with Gasteiger partial charge in [0, 0.05) is 33.1 Å². The lowest BCUT2D eigenvalue weighted by atomic mass is 9.99. The number of esters is 1. The molecule has 5 N–H and O–H groups in total. The van der Waals surface area contributed by atoms with Crippen LogP contribution in [0.25, 0.3) is 0 Å². The van der Waals surface area contributed by atoms with Gasteiger partial charge in [0.15, 0.2) is 18.7 Å². The predicted octanol–water partition coefficient (Wildman–Crippen LogP) is -1.62. The summed E-state index contributed by atoms with van der Waals surface area (Å²) in [5, 5.41) is 63.7. The van der Waals surface area contributed by atoms with Crippen LogP contribution in [-0.4, -0.2) is 143 Å². The number of hydrazone groups is 2. The second-order valence-electron chi connectivity index (χ2n) is 9.69. The molecule has 8 atom stereocenters. The average molecular weight is 547 g/mol. The summed E-state index contributed by atoms with van der Waals surface area (Å²) in [6.45, 7) is 2.91. The molecule has 3 saturated heterocycles. The molecule has 38 heavy (non-hydrogen) atoms. The van der Waals surface area contributed by atoms with Crippen molar-refractivity contribution >= 4 is 18.4 Å². The predicted molar refractivity (Wildman–Crippen MR) is 134 cm³/mol. The van der Waals surface area contributed by atoms with E-state index < -0.39 is 68.4 Å². The molecule has 218 valence electrons. The van der Waals surface area contributed by atoms with Gasteiger partial charge in [0.1, 0.15) is 30.5 Å². The summed E-state index contributed by atoms with van der Waals surface area (Å²) >= 11 is 0. The number of hydrogen-bond acceptors (Lipinski definition) is 14. The van der Waals surface area contributed by atoms with E-state index in [-0.39, 0.29) is 0 Å². The number of piperidine rings is 2. The molecule has 3 aliphatic heterocycles. The van der Waals surface area contributed by atoms with Crippen LogP contribution in [0.15, 0.2) is 10.2 Å². The van der Waals surface area contributed by atoms with Gasteiger partial charge in [-0.15, -0.1) is 0 Å². The summed E-state index contributed by atoms with van der Waals surface area (Å²) in [5.41, 5.74) is 0. The highest BCUT2D eigenvalue weighted by atomic mass is 16.7. The van der Waals surface area contributed by atoms with Gasteiger partial charge in [0.2, 0.25) is 0 Å². The fraction of sp³-hybridized carbons (Fsp3) is 0.875. The van der Waals surface area contributed by atoms with Crippen molar-refractivity contribution in [3.05, 3.63) is 0 Å². The molecular formula is C24H42N4O10. The molecular weight excluding hydrogens is 504 g/mol. The number of aliphatic hydroxyl groups is 5. The number of carbonyl (C=O) groups is 1. The summed E-state index contributed by atoms with van der Waals surface area (Å²) in [5.74, 6) is -0.749. The summed E-state index contributed by atoms with van der Waals surface area (Å²) in [6.07, 6.45) is -2.24. The standard InChI is InChI=1S/C24H42N4O10/c1-16(31)35-23-21(33)19(15-30)38-24(22(23)34)37-17(12-25-27-8-4-2-5-9-27)18(14-29)36-20(32)13-26-28-10-6-3-7-11-28/h12-13,17-24,29-30,32-34H,2-11,14-15H2,1H3/b25-12-,26-13+/t17-,18+,19-,20-,21-,22+,23-,24-/m0/s1. The Bertz CT molecular complexity index is 762. The fourth-order valence-corrected chi connectivity index (χ4v) is 4.61. The Morgan fingerprint density at radius 3 is 2.08 bits per heavy atom.